The summed E-state index contributed by atoms with van der Waals surface area (Å²) in [7, 11) is 0. The number of hydrogen-bond acceptors (Lipinski definition) is 3. The Morgan fingerprint density at radius 1 is 1.19 bits per heavy atom. The number of aliphatic imine (C=N–C) groups is 1. The molecular formula is C13H13NO2. The van der Waals surface area contributed by atoms with Gasteiger partial charge in [-0.3, -0.25) is 4.99 Å². The van der Waals surface area contributed by atoms with Crippen LogP contribution >= 0.6 is 0 Å². The van der Waals surface area contributed by atoms with Crippen molar-refractivity contribution in [2.75, 3.05) is 6.61 Å². The number of hydrogen-bond donors (Lipinski definition) is 1. The van der Waals surface area contributed by atoms with Gasteiger partial charge in [-0.2, -0.15) is 0 Å². The van der Waals surface area contributed by atoms with Gasteiger partial charge in [0.25, 0.3) is 0 Å². The number of furan rings is 1. The highest BCUT2D eigenvalue weighted by Gasteiger charge is 2.06. The maximum atomic E-state index is 9.26. The van der Waals surface area contributed by atoms with E-state index in [1.54, 1.807) is 18.5 Å². The maximum Gasteiger partial charge on any atom is 0.144 e. The third kappa shape index (κ3) is 2.58. The topological polar surface area (TPSA) is 45.7 Å². The van der Waals surface area contributed by atoms with Crippen LogP contribution in [0.3, 0.4) is 0 Å². The number of benzene rings is 1. The van der Waals surface area contributed by atoms with Crippen LogP contribution in [0.5, 0.6) is 0 Å². The van der Waals surface area contributed by atoms with Crippen LogP contribution in [-0.2, 0) is 0 Å². The molecule has 0 unspecified atom stereocenters. The number of aliphatic hydroxyl groups is 1. The molecule has 1 heterocycles. The number of rotatable bonds is 4. The van der Waals surface area contributed by atoms with Crippen LogP contribution in [0, 0.1) is 0 Å². The van der Waals surface area contributed by atoms with E-state index < -0.39 is 0 Å². The summed E-state index contributed by atoms with van der Waals surface area (Å²) in [4.78, 5) is 4.29. The molecule has 2 rings (SSSR count). The molecular weight excluding hydrogens is 202 g/mol. The third-order valence-corrected chi connectivity index (χ3v) is 2.28. The highest BCUT2D eigenvalue weighted by molar-refractivity contribution is 5.75. The van der Waals surface area contributed by atoms with E-state index in [-0.39, 0.29) is 12.6 Å². The minimum absolute atomic E-state index is 0.0127. The summed E-state index contributed by atoms with van der Waals surface area (Å²) in [5.74, 6) is 0.689. The van der Waals surface area contributed by atoms with Crippen molar-refractivity contribution in [1.82, 2.24) is 0 Å². The summed E-state index contributed by atoms with van der Waals surface area (Å²) < 4.78 is 5.13. The predicted octanol–water partition coefficient (Wildman–Crippen LogP) is 2.43. The lowest BCUT2D eigenvalue weighted by atomic mass is 10.1. The minimum atomic E-state index is -0.230. The van der Waals surface area contributed by atoms with Crippen molar-refractivity contribution in [3.8, 4) is 0 Å². The molecule has 0 saturated heterocycles. The molecule has 1 N–H and O–H groups in total. The van der Waals surface area contributed by atoms with Crippen molar-refractivity contribution in [2.24, 2.45) is 4.99 Å². The fourth-order valence-corrected chi connectivity index (χ4v) is 1.44. The van der Waals surface area contributed by atoms with Gasteiger partial charge >= 0.3 is 0 Å². The Morgan fingerprint density at radius 3 is 2.62 bits per heavy atom. The molecule has 0 fully saturated rings. The zero-order valence-corrected chi connectivity index (χ0v) is 8.78. The van der Waals surface area contributed by atoms with Crippen LogP contribution in [0.1, 0.15) is 17.4 Å². The van der Waals surface area contributed by atoms with Crippen LogP contribution in [0.25, 0.3) is 0 Å². The molecule has 3 heteroatoms. The zero-order valence-electron chi connectivity index (χ0n) is 8.78. The summed E-state index contributed by atoms with van der Waals surface area (Å²) in [5.41, 5.74) is 0.993. The number of aliphatic hydroxyl groups excluding tert-OH is 1. The van der Waals surface area contributed by atoms with E-state index in [0.29, 0.717) is 5.76 Å². The summed E-state index contributed by atoms with van der Waals surface area (Å²) in [5, 5.41) is 9.26. The second-order valence-electron chi connectivity index (χ2n) is 3.40. The van der Waals surface area contributed by atoms with Crippen LogP contribution in [0.4, 0.5) is 0 Å². The average Bonchev–Trinajstić information content (AvgIpc) is 2.84. The largest absolute Gasteiger partial charge is 0.463 e. The molecule has 1 atom stereocenters. The quantitative estimate of drug-likeness (QED) is 0.796. The molecule has 0 aliphatic heterocycles. The standard InChI is InChI=1S/C13H13NO2/c15-10-13(11-5-2-1-3-6-11)14-9-12-7-4-8-16-12/h1-9,13,15H,10H2/t13-/m1/s1. The molecule has 3 nitrogen and oxygen atoms in total. The lowest BCUT2D eigenvalue weighted by Crippen LogP contribution is -2.01. The van der Waals surface area contributed by atoms with Gasteiger partial charge in [0.2, 0.25) is 0 Å². The molecule has 0 amide bonds. The lowest BCUT2D eigenvalue weighted by molar-refractivity contribution is 0.269. The van der Waals surface area contributed by atoms with Crippen LogP contribution in [0.2, 0.25) is 0 Å². The van der Waals surface area contributed by atoms with Crippen LogP contribution in [-0.4, -0.2) is 17.9 Å². The van der Waals surface area contributed by atoms with E-state index >= 15 is 0 Å². The van der Waals surface area contributed by atoms with Crippen molar-refractivity contribution in [1.29, 1.82) is 0 Å². The van der Waals surface area contributed by atoms with Gasteiger partial charge in [0, 0.05) is 0 Å². The van der Waals surface area contributed by atoms with E-state index in [9.17, 15) is 5.11 Å². The summed E-state index contributed by atoms with van der Waals surface area (Å²) in [6, 6.07) is 13.1. The molecule has 1 aromatic heterocycles. The van der Waals surface area contributed by atoms with Gasteiger partial charge in [0.15, 0.2) is 0 Å². The molecule has 0 radical (unpaired) electrons. The second-order valence-corrected chi connectivity index (χ2v) is 3.40. The fraction of sp³-hybridized carbons (Fsp3) is 0.154. The van der Waals surface area contributed by atoms with E-state index in [2.05, 4.69) is 4.99 Å². The number of nitrogens with zero attached hydrogens (tertiary/aromatic N) is 1. The molecule has 0 spiro atoms. The third-order valence-electron chi connectivity index (χ3n) is 2.28. The highest BCUT2D eigenvalue weighted by Crippen LogP contribution is 2.16. The monoisotopic (exact) mass is 215 g/mol. The Morgan fingerprint density at radius 2 is 2.00 bits per heavy atom. The molecule has 0 aliphatic carbocycles. The minimum Gasteiger partial charge on any atom is -0.463 e. The normalized spacial score (nSPS) is 13.1. The van der Waals surface area contributed by atoms with Gasteiger partial charge in [-0.15, -0.1) is 0 Å². The summed E-state index contributed by atoms with van der Waals surface area (Å²) in [6.07, 6.45) is 3.23. The van der Waals surface area contributed by atoms with Gasteiger partial charge in [-0.1, -0.05) is 30.3 Å². The predicted molar refractivity (Wildman–Crippen MR) is 62.6 cm³/mol. The van der Waals surface area contributed by atoms with Crippen LogP contribution < -0.4 is 0 Å². The van der Waals surface area contributed by atoms with Gasteiger partial charge in [0.05, 0.1) is 25.1 Å². The molecule has 0 saturated carbocycles. The smallest absolute Gasteiger partial charge is 0.144 e. The van der Waals surface area contributed by atoms with Crippen molar-refractivity contribution in [3.63, 3.8) is 0 Å². The van der Waals surface area contributed by atoms with E-state index in [1.165, 1.54) is 0 Å². The molecule has 2 aromatic rings. The highest BCUT2D eigenvalue weighted by atomic mass is 16.3. The maximum absolute atomic E-state index is 9.26. The van der Waals surface area contributed by atoms with Gasteiger partial charge in [-0.05, 0) is 17.7 Å². The van der Waals surface area contributed by atoms with E-state index in [0.717, 1.165) is 5.56 Å². The lowest BCUT2D eigenvalue weighted by Gasteiger charge is -2.08. The zero-order chi connectivity index (χ0) is 11.2. The van der Waals surface area contributed by atoms with Gasteiger partial charge in [0.1, 0.15) is 5.76 Å². The Balaban J connectivity index is 2.12. The Labute approximate surface area is 94.1 Å². The van der Waals surface area contributed by atoms with Crippen LogP contribution in [0.15, 0.2) is 58.1 Å². The van der Waals surface area contributed by atoms with Crippen molar-refractivity contribution in [2.45, 2.75) is 6.04 Å². The first-order chi connectivity index (χ1) is 7.90. The van der Waals surface area contributed by atoms with Crippen molar-refractivity contribution in [3.05, 3.63) is 60.1 Å². The molecule has 0 aliphatic rings. The fourth-order valence-electron chi connectivity index (χ4n) is 1.44. The Kier molecular flexibility index (Phi) is 3.51. The van der Waals surface area contributed by atoms with Crippen molar-refractivity contribution >= 4 is 6.21 Å². The molecule has 0 bridgehead atoms. The second kappa shape index (κ2) is 5.28. The van der Waals surface area contributed by atoms with Crippen molar-refractivity contribution < 1.29 is 9.52 Å². The van der Waals surface area contributed by atoms with E-state index in [1.807, 2.05) is 36.4 Å². The summed E-state index contributed by atoms with van der Waals surface area (Å²) >= 11 is 0. The van der Waals surface area contributed by atoms with E-state index in [4.69, 9.17) is 4.42 Å². The molecule has 16 heavy (non-hydrogen) atoms. The first kappa shape index (κ1) is 10.6. The Hall–Kier alpha value is -1.87. The summed E-state index contributed by atoms with van der Waals surface area (Å²) in [6.45, 7) is -0.0127. The Bertz CT molecular complexity index is 434. The van der Waals surface area contributed by atoms with Gasteiger partial charge in [-0.25, -0.2) is 0 Å². The molecule has 82 valence electrons. The average molecular weight is 215 g/mol. The first-order valence-electron chi connectivity index (χ1n) is 5.12. The van der Waals surface area contributed by atoms with Gasteiger partial charge < -0.3 is 9.52 Å². The SMILES string of the molecule is OC[C@@H](N=Cc1ccco1)c1ccccc1. The molecule has 1 aromatic carbocycles. The first-order valence-corrected chi connectivity index (χ1v) is 5.12.